The zero-order valence-corrected chi connectivity index (χ0v) is 11.5. The Hall–Kier alpha value is -2.76. The Morgan fingerprint density at radius 1 is 1.29 bits per heavy atom. The number of carbonyl (C=O) groups excluding carboxylic acids is 1. The van der Waals surface area contributed by atoms with E-state index in [9.17, 15) is 9.59 Å². The summed E-state index contributed by atoms with van der Waals surface area (Å²) in [4.78, 5) is 22.3. The number of aromatic carboxylic acids is 1. The van der Waals surface area contributed by atoms with Crippen LogP contribution >= 0.6 is 0 Å². The molecular weight excluding hydrogens is 274 g/mol. The van der Waals surface area contributed by atoms with Crippen molar-refractivity contribution in [2.75, 3.05) is 11.9 Å². The van der Waals surface area contributed by atoms with Crippen LogP contribution in [-0.2, 0) is 11.3 Å². The van der Waals surface area contributed by atoms with Crippen molar-refractivity contribution in [2.45, 2.75) is 13.5 Å². The van der Waals surface area contributed by atoms with Crippen molar-refractivity contribution in [1.82, 2.24) is 0 Å². The number of anilines is 1. The molecule has 2 rings (SSSR count). The number of nitrogens with one attached hydrogen (secondary N) is 1. The number of carboxylic acid groups (broad SMARTS) is 1. The summed E-state index contributed by atoms with van der Waals surface area (Å²) in [6, 6.07) is 9.85. The van der Waals surface area contributed by atoms with Crippen molar-refractivity contribution in [2.24, 2.45) is 0 Å². The van der Waals surface area contributed by atoms with E-state index in [1.165, 1.54) is 6.07 Å². The van der Waals surface area contributed by atoms with Gasteiger partial charge in [0.05, 0.1) is 18.7 Å². The molecule has 1 aromatic heterocycles. The SMILES string of the molecule is CCOC(=O)c1cccc(NCc2ccc(C(=O)O)o2)c1. The highest BCUT2D eigenvalue weighted by molar-refractivity contribution is 5.90. The van der Waals surface area contributed by atoms with E-state index in [1.54, 1.807) is 37.3 Å². The number of hydrogen-bond donors (Lipinski definition) is 2. The van der Waals surface area contributed by atoms with Gasteiger partial charge in [0, 0.05) is 5.69 Å². The maximum absolute atomic E-state index is 11.6. The van der Waals surface area contributed by atoms with Gasteiger partial charge >= 0.3 is 11.9 Å². The Bertz CT molecular complexity index is 647. The molecule has 0 aliphatic carbocycles. The van der Waals surface area contributed by atoms with Crippen molar-refractivity contribution in [3.8, 4) is 0 Å². The minimum absolute atomic E-state index is 0.105. The summed E-state index contributed by atoms with van der Waals surface area (Å²) in [6.07, 6.45) is 0. The molecule has 0 atom stereocenters. The van der Waals surface area contributed by atoms with Gasteiger partial charge in [0.25, 0.3) is 0 Å². The van der Waals surface area contributed by atoms with E-state index in [0.29, 0.717) is 30.2 Å². The number of carbonyl (C=O) groups is 2. The predicted octanol–water partition coefficient (Wildman–Crippen LogP) is 2.77. The Kier molecular flexibility index (Phi) is 4.61. The van der Waals surface area contributed by atoms with Gasteiger partial charge in [-0.2, -0.15) is 0 Å². The van der Waals surface area contributed by atoms with Crippen LogP contribution in [0, 0.1) is 0 Å². The van der Waals surface area contributed by atoms with E-state index in [2.05, 4.69) is 5.32 Å². The van der Waals surface area contributed by atoms with E-state index in [-0.39, 0.29) is 11.7 Å². The highest BCUT2D eigenvalue weighted by atomic mass is 16.5. The van der Waals surface area contributed by atoms with Crippen LogP contribution in [0.4, 0.5) is 5.69 Å². The molecule has 6 nitrogen and oxygen atoms in total. The molecule has 0 bridgehead atoms. The lowest BCUT2D eigenvalue weighted by Crippen LogP contribution is -2.05. The molecular formula is C15H15NO5. The van der Waals surface area contributed by atoms with E-state index in [1.807, 2.05) is 0 Å². The monoisotopic (exact) mass is 289 g/mol. The Morgan fingerprint density at radius 2 is 2.10 bits per heavy atom. The van der Waals surface area contributed by atoms with Crippen molar-refractivity contribution in [1.29, 1.82) is 0 Å². The van der Waals surface area contributed by atoms with Gasteiger partial charge in [-0.1, -0.05) is 6.07 Å². The zero-order chi connectivity index (χ0) is 15.2. The maximum atomic E-state index is 11.6. The van der Waals surface area contributed by atoms with E-state index < -0.39 is 5.97 Å². The summed E-state index contributed by atoms with van der Waals surface area (Å²) < 4.78 is 10.1. The first kappa shape index (κ1) is 14.6. The first-order valence-corrected chi connectivity index (χ1v) is 6.43. The van der Waals surface area contributed by atoms with Crippen LogP contribution in [0.5, 0.6) is 0 Å². The van der Waals surface area contributed by atoms with Crippen molar-refractivity contribution in [3.63, 3.8) is 0 Å². The zero-order valence-electron chi connectivity index (χ0n) is 11.5. The van der Waals surface area contributed by atoms with E-state index >= 15 is 0 Å². The van der Waals surface area contributed by atoms with Crippen LogP contribution in [0.2, 0.25) is 0 Å². The van der Waals surface area contributed by atoms with Crippen molar-refractivity contribution >= 4 is 17.6 Å². The smallest absolute Gasteiger partial charge is 0.371 e. The highest BCUT2D eigenvalue weighted by Crippen LogP contribution is 2.14. The molecule has 110 valence electrons. The summed E-state index contributed by atoms with van der Waals surface area (Å²) in [5.41, 5.74) is 1.17. The highest BCUT2D eigenvalue weighted by Gasteiger charge is 2.09. The van der Waals surface area contributed by atoms with Crippen LogP contribution in [-0.4, -0.2) is 23.7 Å². The number of rotatable bonds is 6. The molecule has 1 heterocycles. The largest absolute Gasteiger partial charge is 0.475 e. The van der Waals surface area contributed by atoms with Gasteiger partial charge in [0.15, 0.2) is 0 Å². The van der Waals surface area contributed by atoms with E-state index in [0.717, 1.165) is 0 Å². The summed E-state index contributed by atoms with van der Waals surface area (Å²) in [6.45, 7) is 2.39. The normalized spacial score (nSPS) is 10.1. The standard InChI is InChI=1S/C15H15NO5/c1-2-20-15(19)10-4-3-5-11(8-10)16-9-12-6-7-13(21-12)14(17)18/h3-8,16H,2,9H2,1H3,(H,17,18). The molecule has 21 heavy (non-hydrogen) atoms. The second kappa shape index (κ2) is 6.60. The molecule has 0 saturated heterocycles. The fraction of sp³-hybridized carbons (Fsp3) is 0.200. The third-order valence-corrected chi connectivity index (χ3v) is 2.71. The van der Waals surface area contributed by atoms with Gasteiger partial charge < -0.3 is 19.6 Å². The van der Waals surface area contributed by atoms with Crippen LogP contribution < -0.4 is 5.32 Å². The predicted molar refractivity (Wildman–Crippen MR) is 75.4 cm³/mol. The number of esters is 1. The number of benzene rings is 1. The molecule has 2 N–H and O–H groups in total. The fourth-order valence-corrected chi connectivity index (χ4v) is 1.75. The first-order chi connectivity index (χ1) is 10.1. The molecule has 0 fully saturated rings. The average molecular weight is 289 g/mol. The summed E-state index contributed by atoms with van der Waals surface area (Å²) in [5.74, 6) is -1.10. The van der Waals surface area contributed by atoms with Crippen LogP contribution in [0.3, 0.4) is 0 Å². The van der Waals surface area contributed by atoms with Gasteiger partial charge in [-0.05, 0) is 37.3 Å². The topological polar surface area (TPSA) is 88.8 Å². The minimum atomic E-state index is -1.11. The lowest BCUT2D eigenvalue weighted by Gasteiger charge is -2.07. The molecule has 2 aromatic rings. The minimum Gasteiger partial charge on any atom is -0.475 e. The summed E-state index contributed by atoms with van der Waals surface area (Å²) >= 11 is 0. The number of furan rings is 1. The van der Waals surface area contributed by atoms with Gasteiger partial charge in [0.2, 0.25) is 5.76 Å². The average Bonchev–Trinajstić information content (AvgIpc) is 2.95. The molecule has 0 spiro atoms. The number of ether oxygens (including phenoxy) is 1. The fourth-order valence-electron chi connectivity index (χ4n) is 1.75. The molecule has 6 heteroatoms. The number of hydrogen-bond acceptors (Lipinski definition) is 5. The second-order valence-electron chi connectivity index (χ2n) is 4.23. The third kappa shape index (κ3) is 3.85. The summed E-state index contributed by atoms with van der Waals surface area (Å²) in [5, 5.41) is 11.8. The van der Waals surface area contributed by atoms with Gasteiger partial charge in [0.1, 0.15) is 5.76 Å². The molecule has 1 aromatic carbocycles. The molecule has 0 amide bonds. The Balaban J connectivity index is 2.01. The molecule has 0 saturated carbocycles. The quantitative estimate of drug-likeness (QED) is 0.795. The molecule has 0 radical (unpaired) electrons. The lowest BCUT2D eigenvalue weighted by molar-refractivity contribution is 0.0525. The van der Waals surface area contributed by atoms with E-state index in [4.69, 9.17) is 14.3 Å². The Labute approximate surface area is 121 Å². The van der Waals surface area contributed by atoms with Crippen LogP contribution in [0.1, 0.15) is 33.6 Å². The van der Waals surface area contributed by atoms with Crippen LogP contribution in [0.15, 0.2) is 40.8 Å². The van der Waals surface area contributed by atoms with Crippen molar-refractivity contribution < 1.29 is 23.8 Å². The van der Waals surface area contributed by atoms with Gasteiger partial charge in [-0.15, -0.1) is 0 Å². The van der Waals surface area contributed by atoms with Gasteiger partial charge in [-0.3, -0.25) is 0 Å². The third-order valence-electron chi connectivity index (χ3n) is 2.71. The number of carboxylic acids is 1. The second-order valence-corrected chi connectivity index (χ2v) is 4.23. The summed E-state index contributed by atoms with van der Waals surface area (Å²) in [7, 11) is 0. The van der Waals surface area contributed by atoms with Crippen LogP contribution in [0.25, 0.3) is 0 Å². The molecule has 0 unspecified atom stereocenters. The van der Waals surface area contributed by atoms with Gasteiger partial charge in [-0.25, -0.2) is 9.59 Å². The maximum Gasteiger partial charge on any atom is 0.371 e. The van der Waals surface area contributed by atoms with Crippen molar-refractivity contribution in [3.05, 3.63) is 53.5 Å². The lowest BCUT2D eigenvalue weighted by atomic mass is 10.2. The Morgan fingerprint density at radius 3 is 2.76 bits per heavy atom. The molecule has 0 aliphatic heterocycles. The first-order valence-electron chi connectivity index (χ1n) is 6.43. The molecule has 0 aliphatic rings.